The summed E-state index contributed by atoms with van der Waals surface area (Å²) in [6.45, 7) is 4.39. The smallest absolute Gasteiger partial charge is 0.242 e. The number of nitrogens with zero attached hydrogens (tertiary/aromatic N) is 1. The summed E-state index contributed by atoms with van der Waals surface area (Å²) in [4.78, 5) is 14.7. The van der Waals surface area contributed by atoms with Gasteiger partial charge in [-0.05, 0) is 62.8 Å². The van der Waals surface area contributed by atoms with Crippen LogP contribution in [0, 0.1) is 5.92 Å². The van der Waals surface area contributed by atoms with Gasteiger partial charge in [0, 0.05) is 18.1 Å². The highest BCUT2D eigenvalue weighted by Gasteiger charge is 2.40. The molecule has 0 radical (unpaired) electrons. The van der Waals surface area contributed by atoms with Gasteiger partial charge < -0.3 is 15.3 Å². The summed E-state index contributed by atoms with van der Waals surface area (Å²) < 4.78 is 0. The maximum absolute atomic E-state index is 12.7. The van der Waals surface area contributed by atoms with Crippen molar-refractivity contribution < 1.29 is 9.90 Å². The molecule has 0 bridgehead atoms. The lowest BCUT2D eigenvalue weighted by Gasteiger charge is -2.38. The van der Waals surface area contributed by atoms with E-state index in [1.165, 1.54) is 0 Å². The summed E-state index contributed by atoms with van der Waals surface area (Å²) in [6, 6.07) is 7.39. The molecule has 0 spiro atoms. The SMILES string of the molecule is CC1(C(=O)N2CCC(C(O)c3ccc(Cl)cc3)CC2)CCCN1. The lowest BCUT2D eigenvalue weighted by Crippen LogP contribution is -2.54. The fourth-order valence-corrected chi connectivity index (χ4v) is 3.90. The number of carbonyl (C=O) groups excluding carboxylic acids is 1. The average Bonchev–Trinajstić information content (AvgIpc) is 3.02. The third-order valence-electron chi connectivity index (χ3n) is 5.33. The van der Waals surface area contributed by atoms with Gasteiger partial charge in [0.25, 0.3) is 0 Å². The van der Waals surface area contributed by atoms with Crippen LogP contribution in [-0.2, 0) is 4.79 Å². The number of amides is 1. The quantitative estimate of drug-likeness (QED) is 0.892. The van der Waals surface area contributed by atoms with Crippen LogP contribution in [0.4, 0.5) is 0 Å². The molecule has 23 heavy (non-hydrogen) atoms. The number of rotatable bonds is 3. The number of aliphatic hydroxyl groups excluding tert-OH is 1. The molecular weight excluding hydrogens is 312 g/mol. The van der Waals surface area contributed by atoms with Gasteiger partial charge in [0.05, 0.1) is 11.6 Å². The summed E-state index contributed by atoms with van der Waals surface area (Å²) in [6.07, 6.45) is 3.18. The van der Waals surface area contributed by atoms with E-state index in [9.17, 15) is 9.90 Å². The molecule has 2 aliphatic rings. The number of piperidine rings is 1. The predicted octanol–water partition coefficient (Wildman–Crippen LogP) is 2.75. The monoisotopic (exact) mass is 336 g/mol. The highest BCUT2D eigenvalue weighted by atomic mass is 35.5. The van der Waals surface area contributed by atoms with E-state index >= 15 is 0 Å². The van der Waals surface area contributed by atoms with Gasteiger partial charge in [0.1, 0.15) is 0 Å². The number of benzene rings is 1. The van der Waals surface area contributed by atoms with E-state index in [0.717, 1.165) is 50.9 Å². The second-order valence-corrected chi connectivity index (χ2v) is 7.42. The van der Waals surface area contributed by atoms with Gasteiger partial charge in [-0.2, -0.15) is 0 Å². The van der Waals surface area contributed by atoms with Crippen molar-refractivity contribution in [2.45, 2.75) is 44.2 Å². The van der Waals surface area contributed by atoms with E-state index < -0.39 is 6.10 Å². The van der Waals surface area contributed by atoms with E-state index in [1.807, 2.05) is 36.1 Å². The molecule has 126 valence electrons. The van der Waals surface area contributed by atoms with E-state index in [1.54, 1.807) is 0 Å². The Morgan fingerprint density at radius 1 is 1.35 bits per heavy atom. The van der Waals surface area contributed by atoms with E-state index in [0.29, 0.717) is 5.02 Å². The lowest BCUT2D eigenvalue weighted by atomic mass is 9.86. The number of likely N-dealkylation sites (tertiary alicyclic amines) is 1. The first kappa shape index (κ1) is 16.7. The Labute approximate surface area is 142 Å². The van der Waals surface area contributed by atoms with E-state index in [-0.39, 0.29) is 17.4 Å². The third kappa shape index (κ3) is 3.54. The van der Waals surface area contributed by atoms with Crippen LogP contribution < -0.4 is 5.32 Å². The van der Waals surface area contributed by atoms with Crippen LogP contribution in [0.15, 0.2) is 24.3 Å². The summed E-state index contributed by atoms with van der Waals surface area (Å²) in [5, 5.41) is 14.6. The van der Waals surface area contributed by atoms with Crippen LogP contribution >= 0.6 is 11.6 Å². The molecule has 1 aromatic rings. The maximum Gasteiger partial charge on any atom is 0.242 e. The summed E-state index contributed by atoms with van der Waals surface area (Å²) >= 11 is 5.90. The van der Waals surface area contributed by atoms with Crippen molar-refractivity contribution in [3.63, 3.8) is 0 Å². The van der Waals surface area contributed by atoms with E-state index in [4.69, 9.17) is 11.6 Å². The molecule has 1 aromatic carbocycles. The standard InChI is InChI=1S/C18H25ClN2O2/c1-18(9-2-10-20-18)17(23)21-11-7-14(8-12-21)16(22)13-3-5-15(19)6-4-13/h3-6,14,16,20,22H,2,7-12H2,1H3. The van der Waals surface area contributed by atoms with Crippen LogP contribution in [0.25, 0.3) is 0 Å². The molecule has 2 N–H and O–H groups in total. The van der Waals surface area contributed by atoms with Crippen molar-refractivity contribution in [2.24, 2.45) is 5.92 Å². The van der Waals surface area contributed by atoms with Gasteiger partial charge in [-0.3, -0.25) is 4.79 Å². The van der Waals surface area contributed by atoms with Gasteiger partial charge in [0.2, 0.25) is 5.91 Å². The number of carbonyl (C=O) groups is 1. The molecule has 4 nitrogen and oxygen atoms in total. The first-order chi connectivity index (χ1) is 11.0. The Morgan fingerprint density at radius 2 is 2.00 bits per heavy atom. The van der Waals surface area contributed by atoms with Crippen molar-refractivity contribution in [3.8, 4) is 0 Å². The normalized spacial score (nSPS) is 27.2. The number of aliphatic hydroxyl groups is 1. The third-order valence-corrected chi connectivity index (χ3v) is 5.58. The topological polar surface area (TPSA) is 52.6 Å². The van der Waals surface area contributed by atoms with Gasteiger partial charge in [-0.1, -0.05) is 23.7 Å². The fourth-order valence-electron chi connectivity index (χ4n) is 3.78. The van der Waals surface area contributed by atoms with Crippen molar-refractivity contribution >= 4 is 17.5 Å². The second kappa shape index (κ2) is 6.80. The first-order valence-corrected chi connectivity index (χ1v) is 8.85. The van der Waals surface area contributed by atoms with Crippen LogP contribution in [0.1, 0.15) is 44.3 Å². The van der Waals surface area contributed by atoms with Gasteiger partial charge in [-0.15, -0.1) is 0 Å². The Kier molecular flexibility index (Phi) is 4.95. The molecule has 0 saturated carbocycles. The van der Waals surface area contributed by atoms with Crippen molar-refractivity contribution in [2.75, 3.05) is 19.6 Å². The first-order valence-electron chi connectivity index (χ1n) is 8.47. The van der Waals surface area contributed by atoms with Crippen molar-refractivity contribution in [1.82, 2.24) is 10.2 Å². The zero-order valence-corrected chi connectivity index (χ0v) is 14.4. The minimum absolute atomic E-state index is 0.199. The molecule has 2 aliphatic heterocycles. The Balaban J connectivity index is 1.57. The largest absolute Gasteiger partial charge is 0.388 e. The van der Waals surface area contributed by atoms with Crippen molar-refractivity contribution in [1.29, 1.82) is 0 Å². The van der Waals surface area contributed by atoms with Gasteiger partial charge >= 0.3 is 0 Å². The Bertz CT molecular complexity index is 547. The molecule has 5 heteroatoms. The Hall–Kier alpha value is -1.10. The van der Waals surface area contributed by atoms with Crippen LogP contribution in [0.3, 0.4) is 0 Å². The minimum atomic E-state index is -0.482. The van der Waals surface area contributed by atoms with Gasteiger partial charge in [-0.25, -0.2) is 0 Å². The van der Waals surface area contributed by atoms with Crippen LogP contribution in [0.2, 0.25) is 5.02 Å². The molecule has 2 unspecified atom stereocenters. The summed E-state index contributed by atoms with van der Waals surface area (Å²) in [7, 11) is 0. The Morgan fingerprint density at radius 3 is 2.57 bits per heavy atom. The highest BCUT2D eigenvalue weighted by molar-refractivity contribution is 6.30. The molecular formula is C18H25ClN2O2. The molecule has 2 heterocycles. The maximum atomic E-state index is 12.7. The van der Waals surface area contributed by atoms with Gasteiger partial charge in [0.15, 0.2) is 0 Å². The lowest BCUT2D eigenvalue weighted by molar-refractivity contribution is -0.139. The minimum Gasteiger partial charge on any atom is -0.388 e. The molecule has 0 aromatic heterocycles. The summed E-state index contributed by atoms with van der Waals surface area (Å²) in [5.41, 5.74) is 0.519. The zero-order chi connectivity index (χ0) is 16.4. The number of halogens is 1. The molecule has 3 rings (SSSR count). The van der Waals surface area contributed by atoms with Crippen LogP contribution in [-0.4, -0.2) is 41.1 Å². The molecule has 2 atom stereocenters. The number of nitrogens with one attached hydrogen (secondary N) is 1. The molecule has 2 saturated heterocycles. The van der Waals surface area contributed by atoms with E-state index in [2.05, 4.69) is 5.32 Å². The second-order valence-electron chi connectivity index (χ2n) is 6.99. The number of hydrogen-bond acceptors (Lipinski definition) is 3. The zero-order valence-electron chi connectivity index (χ0n) is 13.6. The fraction of sp³-hybridized carbons (Fsp3) is 0.611. The molecule has 0 aliphatic carbocycles. The average molecular weight is 337 g/mol. The van der Waals surface area contributed by atoms with Crippen molar-refractivity contribution in [3.05, 3.63) is 34.9 Å². The highest BCUT2D eigenvalue weighted by Crippen LogP contribution is 2.32. The number of hydrogen-bond donors (Lipinski definition) is 2. The molecule has 2 fully saturated rings. The summed E-state index contributed by atoms with van der Waals surface area (Å²) in [5.74, 6) is 0.416. The van der Waals surface area contributed by atoms with Crippen LogP contribution in [0.5, 0.6) is 0 Å². The molecule has 1 amide bonds. The predicted molar refractivity (Wildman–Crippen MR) is 91.4 cm³/mol.